The second kappa shape index (κ2) is 12.2. The fourth-order valence-corrected chi connectivity index (χ4v) is 4.44. The number of fused-ring (bicyclic) bond motifs is 1. The molecule has 0 bridgehead atoms. The molecule has 11 heteroatoms. The highest BCUT2D eigenvalue weighted by molar-refractivity contribution is 6.27. The molecule has 0 unspecified atom stereocenters. The van der Waals surface area contributed by atoms with Gasteiger partial charge in [0.15, 0.2) is 0 Å². The van der Waals surface area contributed by atoms with Crippen molar-refractivity contribution in [2.45, 2.75) is 51.7 Å². The van der Waals surface area contributed by atoms with E-state index in [-0.39, 0.29) is 5.60 Å². The number of hydrogen-bond donors (Lipinski definition) is 2. The summed E-state index contributed by atoms with van der Waals surface area (Å²) in [7, 11) is 0. The molecule has 2 saturated heterocycles. The number of rotatable bonds is 5. The Labute approximate surface area is 205 Å². The van der Waals surface area contributed by atoms with Gasteiger partial charge in [-0.1, -0.05) is 6.42 Å². The smallest absolute Gasteiger partial charge is 0.414 e. The maximum Gasteiger partial charge on any atom is 0.414 e. The van der Waals surface area contributed by atoms with Crippen LogP contribution in [0.4, 0.5) is 5.82 Å². The van der Waals surface area contributed by atoms with E-state index in [1.165, 1.54) is 19.3 Å². The highest BCUT2D eigenvalue weighted by Crippen LogP contribution is 2.38. The summed E-state index contributed by atoms with van der Waals surface area (Å²) in [5, 5.41) is 24.7. The van der Waals surface area contributed by atoms with Crippen LogP contribution in [0.2, 0.25) is 0 Å². The maximum atomic E-state index is 9.94. The molecule has 3 aliphatic rings. The molecule has 0 aromatic carbocycles. The van der Waals surface area contributed by atoms with Crippen LogP contribution in [0.25, 0.3) is 0 Å². The first-order valence-electron chi connectivity index (χ1n) is 12.0. The number of aromatic nitrogens is 1. The molecule has 0 aliphatic carbocycles. The predicted octanol–water partition coefficient (Wildman–Crippen LogP) is 1.66. The fraction of sp³-hybridized carbons (Fsp3) is 0.667. The number of likely N-dealkylation sites (tertiary alicyclic amines) is 1. The summed E-state index contributed by atoms with van der Waals surface area (Å²) in [4.78, 5) is 27.7. The van der Waals surface area contributed by atoms with Gasteiger partial charge >= 0.3 is 11.9 Å². The van der Waals surface area contributed by atoms with Gasteiger partial charge in [0.1, 0.15) is 24.1 Å². The lowest BCUT2D eigenvalue weighted by atomic mass is 9.89. The van der Waals surface area contributed by atoms with Crippen molar-refractivity contribution in [1.82, 2.24) is 9.88 Å². The summed E-state index contributed by atoms with van der Waals surface area (Å²) in [5.74, 6) is -2.28. The number of piperidine rings is 1. The average Bonchev–Trinajstić information content (AvgIpc) is 2.84. The molecule has 4 heterocycles. The van der Waals surface area contributed by atoms with Gasteiger partial charge in [-0.25, -0.2) is 9.59 Å². The highest BCUT2D eigenvalue weighted by atomic mass is 16.5. The summed E-state index contributed by atoms with van der Waals surface area (Å²) < 4.78 is 17.7. The topological polar surface area (TPSA) is 145 Å². The number of nitrogens with zero attached hydrogens (tertiary/aromatic N) is 4. The lowest BCUT2D eigenvalue weighted by Gasteiger charge is -2.36. The molecule has 0 radical (unpaired) electrons. The Morgan fingerprint density at radius 1 is 1.09 bits per heavy atom. The van der Waals surface area contributed by atoms with Crippen LogP contribution in [0.5, 0.6) is 5.88 Å². The predicted molar refractivity (Wildman–Crippen MR) is 126 cm³/mol. The zero-order valence-electron chi connectivity index (χ0n) is 20.4. The first kappa shape index (κ1) is 26.7. The van der Waals surface area contributed by atoms with Crippen LogP contribution in [-0.4, -0.2) is 90.2 Å². The number of carboxylic acid groups (broad SMARTS) is 2. The lowest BCUT2D eigenvalue weighted by Crippen LogP contribution is -2.40. The summed E-state index contributed by atoms with van der Waals surface area (Å²) in [5.41, 5.74) is 2.35. The minimum atomic E-state index is -1.82. The molecule has 0 spiro atoms. The zero-order chi connectivity index (χ0) is 25.4. The van der Waals surface area contributed by atoms with Gasteiger partial charge in [0.2, 0.25) is 5.88 Å². The number of morpholine rings is 1. The van der Waals surface area contributed by atoms with Crippen molar-refractivity contribution in [3.63, 3.8) is 0 Å². The van der Waals surface area contributed by atoms with Crippen molar-refractivity contribution in [3.05, 3.63) is 16.7 Å². The van der Waals surface area contributed by atoms with E-state index in [1.54, 1.807) is 0 Å². The molecule has 3 aliphatic heterocycles. The molecule has 1 aromatic rings. The first-order valence-corrected chi connectivity index (χ1v) is 12.0. The Balaban J connectivity index is 0.000000509. The number of pyridine rings is 1. The van der Waals surface area contributed by atoms with E-state index in [0.29, 0.717) is 44.3 Å². The summed E-state index contributed by atoms with van der Waals surface area (Å²) in [6.07, 6.45) is 4.53. The number of nitriles is 1. The average molecular weight is 491 g/mol. The van der Waals surface area contributed by atoms with Crippen LogP contribution < -0.4 is 9.64 Å². The Morgan fingerprint density at radius 3 is 2.34 bits per heavy atom. The molecule has 11 nitrogen and oxygen atoms in total. The molecule has 0 amide bonds. The number of anilines is 1. The van der Waals surface area contributed by atoms with E-state index in [9.17, 15) is 5.26 Å². The van der Waals surface area contributed by atoms with Crippen molar-refractivity contribution in [2.75, 3.05) is 57.4 Å². The number of hydrogen-bond acceptors (Lipinski definition) is 9. The van der Waals surface area contributed by atoms with Crippen LogP contribution in [-0.2, 0) is 32.1 Å². The number of ether oxygens (including phenoxy) is 3. The Morgan fingerprint density at radius 2 is 1.74 bits per heavy atom. The van der Waals surface area contributed by atoms with E-state index in [4.69, 9.17) is 39.0 Å². The Kier molecular flexibility index (Phi) is 9.26. The molecule has 2 N–H and O–H groups in total. The van der Waals surface area contributed by atoms with Crippen LogP contribution >= 0.6 is 0 Å². The minimum Gasteiger partial charge on any atom is -0.475 e. The molecule has 1 aromatic heterocycles. The van der Waals surface area contributed by atoms with E-state index in [2.05, 4.69) is 29.7 Å². The van der Waals surface area contributed by atoms with Gasteiger partial charge in [0.05, 0.1) is 25.4 Å². The molecular formula is C24H34N4O7. The summed E-state index contributed by atoms with van der Waals surface area (Å²) in [6.45, 7) is 11.3. The minimum absolute atomic E-state index is 0.298. The van der Waals surface area contributed by atoms with Crippen molar-refractivity contribution in [3.8, 4) is 11.9 Å². The number of carbonyl (C=O) groups is 2. The zero-order valence-corrected chi connectivity index (χ0v) is 20.4. The van der Waals surface area contributed by atoms with Gasteiger partial charge in [-0.2, -0.15) is 10.2 Å². The van der Waals surface area contributed by atoms with Gasteiger partial charge in [0.25, 0.3) is 0 Å². The van der Waals surface area contributed by atoms with E-state index < -0.39 is 11.9 Å². The summed E-state index contributed by atoms with van der Waals surface area (Å²) >= 11 is 0. The Hall–Kier alpha value is -2.94. The standard InChI is InChI=1S/C22H32N4O3.C2H2O4/c1-22(2)14-17-18(15-23)21(28-13-8-25-6-4-3-5-7-25)24-20(19(17)16-29-22)26-9-11-27-12-10-26;3-1(4)2(5)6/h3-14,16H2,1-2H3;(H,3,4)(H,5,6). The van der Waals surface area contributed by atoms with Crippen LogP contribution in [0.3, 0.4) is 0 Å². The van der Waals surface area contributed by atoms with Crippen molar-refractivity contribution in [1.29, 1.82) is 5.26 Å². The largest absolute Gasteiger partial charge is 0.475 e. The molecule has 4 rings (SSSR count). The lowest BCUT2D eigenvalue weighted by molar-refractivity contribution is -0.159. The third-order valence-corrected chi connectivity index (χ3v) is 6.27. The Bertz CT molecular complexity index is 936. The van der Waals surface area contributed by atoms with E-state index in [0.717, 1.165) is 49.7 Å². The van der Waals surface area contributed by atoms with Gasteiger partial charge in [-0.15, -0.1) is 0 Å². The maximum absolute atomic E-state index is 9.94. The molecule has 0 saturated carbocycles. The van der Waals surface area contributed by atoms with Crippen LogP contribution in [0.15, 0.2) is 0 Å². The quantitative estimate of drug-likeness (QED) is 0.581. The third-order valence-electron chi connectivity index (χ3n) is 6.27. The van der Waals surface area contributed by atoms with Crippen LogP contribution in [0.1, 0.15) is 49.8 Å². The first-order chi connectivity index (χ1) is 16.7. The second-order valence-electron chi connectivity index (χ2n) is 9.37. The number of aliphatic carboxylic acids is 2. The van der Waals surface area contributed by atoms with Gasteiger partial charge in [-0.3, -0.25) is 4.90 Å². The van der Waals surface area contributed by atoms with Gasteiger partial charge in [0, 0.05) is 31.6 Å². The molecule has 35 heavy (non-hydrogen) atoms. The normalized spacial score (nSPS) is 19.5. The van der Waals surface area contributed by atoms with Crippen molar-refractivity contribution < 1.29 is 34.0 Å². The molecule has 0 atom stereocenters. The van der Waals surface area contributed by atoms with E-state index in [1.807, 2.05) is 0 Å². The monoisotopic (exact) mass is 490 g/mol. The molecule has 2 fully saturated rings. The highest BCUT2D eigenvalue weighted by Gasteiger charge is 2.34. The van der Waals surface area contributed by atoms with Crippen molar-refractivity contribution in [2.24, 2.45) is 0 Å². The fourth-order valence-electron chi connectivity index (χ4n) is 4.44. The number of carboxylic acids is 2. The molecular weight excluding hydrogens is 456 g/mol. The van der Waals surface area contributed by atoms with Crippen LogP contribution in [0, 0.1) is 11.3 Å². The summed E-state index contributed by atoms with van der Waals surface area (Å²) in [6, 6.07) is 2.38. The van der Waals surface area contributed by atoms with E-state index >= 15 is 0 Å². The molecule has 192 valence electrons. The van der Waals surface area contributed by atoms with Gasteiger partial charge < -0.3 is 29.3 Å². The SMILES string of the molecule is CC1(C)Cc2c(C#N)c(OCCN3CCCCC3)nc(N3CCOCC3)c2CO1.O=C(O)C(=O)O. The third kappa shape index (κ3) is 7.27. The van der Waals surface area contributed by atoms with Crippen molar-refractivity contribution >= 4 is 17.8 Å². The second-order valence-corrected chi connectivity index (χ2v) is 9.37. The van der Waals surface area contributed by atoms with Gasteiger partial charge in [-0.05, 0) is 45.3 Å².